The lowest BCUT2D eigenvalue weighted by Gasteiger charge is -2.25. The van der Waals surface area contributed by atoms with E-state index in [0.29, 0.717) is 0 Å². The first-order valence-corrected chi connectivity index (χ1v) is 21.8. The van der Waals surface area contributed by atoms with Crippen LogP contribution in [0.5, 0.6) is 0 Å². The van der Waals surface area contributed by atoms with Crippen molar-refractivity contribution in [2.45, 2.75) is 18.9 Å². The van der Waals surface area contributed by atoms with Gasteiger partial charge in [-0.05, 0) is 52.1 Å². The van der Waals surface area contributed by atoms with Gasteiger partial charge in [-0.25, -0.2) is 0 Å². The van der Waals surface area contributed by atoms with Crippen LogP contribution in [0.4, 0.5) is 0 Å². The van der Waals surface area contributed by atoms with Gasteiger partial charge in [0.2, 0.25) is 0 Å². The summed E-state index contributed by atoms with van der Waals surface area (Å²) >= 11 is 5.67. The highest BCUT2D eigenvalue weighted by molar-refractivity contribution is 7.28. The molecule has 11 rings (SSSR count). The number of benzene rings is 8. The molecule has 3 aromatic heterocycles. The Labute approximate surface area is 342 Å². The van der Waals surface area contributed by atoms with Gasteiger partial charge in [-0.1, -0.05) is 152 Å². The molecule has 6 heteroatoms. The third-order valence-electron chi connectivity index (χ3n) is 11.2. The Morgan fingerprint density at radius 2 is 1.02 bits per heavy atom. The number of hydrogen-bond donors (Lipinski definition) is 3. The Morgan fingerprint density at radius 1 is 0.421 bits per heavy atom. The zero-order valence-electron chi connectivity index (χ0n) is 30.9. The highest BCUT2D eigenvalue weighted by Gasteiger charge is 2.20. The zero-order chi connectivity index (χ0) is 37.9. The monoisotopic (exact) mass is 787 g/mol. The molecule has 0 bridgehead atoms. The topological polar surface area (TPSA) is 50.1 Å². The van der Waals surface area contributed by atoms with Gasteiger partial charge in [0.25, 0.3) is 0 Å². The second-order valence-corrected chi connectivity index (χ2v) is 17.8. The molecule has 0 aliphatic carbocycles. The lowest BCUT2D eigenvalue weighted by molar-refractivity contribution is 0.386. The van der Waals surface area contributed by atoms with Crippen molar-refractivity contribution in [2.24, 2.45) is 5.73 Å². The molecule has 274 valence electrons. The maximum atomic E-state index is 6.98. The fourth-order valence-corrected chi connectivity index (χ4v) is 12.1. The number of nitrogens with one attached hydrogen (secondary N) is 2. The van der Waals surface area contributed by atoms with Gasteiger partial charge in [0.05, 0.1) is 12.3 Å². The van der Waals surface area contributed by atoms with E-state index in [9.17, 15) is 0 Å². The minimum atomic E-state index is -0.373. The van der Waals surface area contributed by atoms with Gasteiger partial charge in [0.1, 0.15) is 0 Å². The molecule has 0 saturated carbocycles. The zero-order valence-corrected chi connectivity index (χ0v) is 33.4. The number of hydrogen-bond acceptors (Lipinski definition) is 6. The summed E-state index contributed by atoms with van der Waals surface area (Å²) in [5.41, 5.74) is 15.5. The maximum Gasteiger partial charge on any atom is 0.0852 e. The molecule has 0 spiro atoms. The van der Waals surface area contributed by atoms with E-state index < -0.39 is 0 Å². The average Bonchev–Trinajstić information content (AvgIpc) is 3.96. The second-order valence-electron chi connectivity index (χ2n) is 14.7. The normalized spacial score (nSPS) is 13.1. The summed E-state index contributed by atoms with van der Waals surface area (Å²) in [6.07, 6.45) is -0.494. The Hall–Kier alpha value is -5.70. The third-order valence-corrected chi connectivity index (χ3v) is 14.9. The molecular formula is C51H37N3S3. The molecule has 0 amide bonds. The van der Waals surface area contributed by atoms with Gasteiger partial charge in [0.15, 0.2) is 0 Å². The highest BCUT2D eigenvalue weighted by Crippen LogP contribution is 2.48. The largest absolute Gasteiger partial charge is 0.312 e. The van der Waals surface area contributed by atoms with E-state index in [4.69, 9.17) is 5.73 Å². The summed E-state index contributed by atoms with van der Waals surface area (Å²) in [4.78, 5) is 0. The van der Waals surface area contributed by atoms with Gasteiger partial charge in [0, 0.05) is 78.2 Å². The van der Waals surface area contributed by atoms with Crippen molar-refractivity contribution in [1.29, 1.82) is 0 Å². The van der Waals surface area contributed by atoms with E-state index in [1.165, 1.54) is 88.3 Å². The number of fused-ring (bicyclic) bond motifs is 9. The van der Waals surface area contributed by atoms with Gasteiger partial charge < -0.3 is 5.73 Å². The Balaban J connectivity index is 0.959. The molecule has 3 heterocycles. The molecule has 11 aromatic rings. The molecule has 0 radical (unpaired) electrons. The first kappa shape index (κ1) is 34.5. The van der Waals surface area contributed by atoms with E-state index >= 15 is 0 Å². The van der Waals surface area contributed by atoms with Crippen LogP contribution < -0.4 is 16.4 Å². The molecule has 0 aliphatic rings. The molecule has 8 aromatic carbocycles. The Morgan fingerprint density at radius 3 is 1.79 bits per heavy atom. The molecule has 0 saturated heterocycles. The van der Waals surface area contributed by atoms with Crippen molar-refractivity contribution in [2.75, 3.05) is 0 Å². The summed E-state index contributed by atoms with van der Waals surface area (Å²) in [6, 6.07) is 63.8. The molecule has 3 nitrogen and oxygen atoms in total. The van der Waals surface area contributed by atoms with Crippen molar-refractivity contribution in [3.8, 4) is 22.3 Å². The van der Waals surface area contributed by atoms with Crippen molar-refractivity contribution in [3.63, 3.8) is 0 Å². The van der Waals surface area contributed by atoms with Crippen molar-refractivity contribution >= 4 is 94.5 Å². The van der Waals surface area contributed by atoms with Gasteiger partial charge in [-0.3, -0.25) is 10.6 Å². The lowest BCUT2D eigenvalue weighted by atomic mass is 9.98. The lowest BCUT2D eigenvalue weighted by Crippen LogP contribution is -2.39. The van der Waals surface area contributed by atoms with Crippen LogP contribution in [-0.4, -0.2) is 0 Å². The predicted molar refractivity (Wildman–Crippen MR) is 249 cm³/mol. The van der Waals surface area contributed by atoms with E-state index in [1.807, 2.05) is 46.1 Å². The van der Waals surface area contributed by atoms with Crippen LogP contribution in [0, 0.1) is 0 Å². The quantitative estimate of drug-likeness (QED) is 0.128. The molecule has 4 N–H and O–H groups in total. The Bertz CT molecular complexity index is 3250. The van der Waals surface area contributed by atoms with Crippen LogP contribution in [0.2, 0.25) is 0 Å². The number of nitrogens with two attached hydrogens (primary N) is 1. The SMILES string of the molecule is NC(NC(NCc1ccccc1)c1ccccc1)c1ccc2sc3c(-c4cccc5c4sc4c(-c6ccc7c(c6)sc6ccccc67)cccc45)cccc3c2c1. The number of thiophene rings is 3. The summed E-state index contributed by atoms with van der Waals surface area (Å²) in [6.45, 7) is 0.730. The highest BCUT2D eigenvalue weighted by atomic mass is 32.1. The average molecular weight is 788 g/mol. The van der Waals surface area contributed by atoms with E-state index in [2.05, 4.69) is 174 Å². The standard InChI is InChI=1S/C51H37N3S3/c52-50(54-51(32-14-5-2-6-15-32)53-30-31-12-3-1-4-13-31)34-25-27-45-43(28-34)42-22-11-19-39(48(42)56-45)41-21-10-20-40-38-18-9-17-35(47(38)57-49(40)41)33-24-26-37-36-16-7-8-23-44(36)55-46(37)29-33/h1-29,50-51,53-54H,30,52H2. The van der Waals surface area contributed by atoms with Crippen LogP contribution >= 0.6 is 34.0 Å². The van der Waals surface area contributed by atoms with E-state index in [0.717, 1.165) is 17.7 Å². The molecule has 57 heavy (non-hydrogen) atoms. The van der Waals surface area contributed by atoms with Crippen LogP contribution in [0.15, 0.2) is 176 Å². The summed E-state index contributed by atoms with van der Waals surface area (Å²) in [7, 11) is 0. The van der Waals surface area contributed by atoms with Crippen LogP contribution in [-0.2, 0) is 6.54 Å². The minimum Gasteiger partial charge on any atom is -0.312 e. The molecule has 2 unspecified atom stereocenters. The van der Waals surface area contributed by atoms with Gasteiger partial charge >= 0.3 is 0 Å². The van der Waals surface area contributed by atoms with Crippen molar-refractivity contribution in [1.82, 2.24) is 10.6 Å². The van der Waals surface area contributed by atoms with Crippen LogP contribution in [0.1, 0.15) is 29.0 Å². The van der Waals surface area contributed by atoms with Crippen LogP contribution in [0.3, 0.4) is 0 Å². The number of rotatable bonds is 9. The summed E-state index contributed by atoms with van der Waals surface area (Å²) in [5.74, 6) is 0. The van der Waals surface area contributed by atoms with Crippen LogP contribution in [0.25, 0.3) is 82.8 Å². The first-order valence-electron chi connectivity index (χ1n) is 19.3. The molecule has 0 aliphatic heterocycles. The smallest absolute Gasteiger partial charge is 0.0852 e. The fourth-order valence-electron chi connectivity index (χ4n) is 8.38. The fraction of sp³-hybridized carbons (Fsp3) is 0.0588. The van der Waals surface area contributed by atoms with Gasteiger partial charge in [-0.15, -0.1) is 34.0 Å². The second kappa shape index (κ2) is 14.4. The molecular weight excluding hydrogens is 751 g/mol. The Kier molecular flexibility index (Phi) is 8.70. The van der Waals surface area contributed by atoms with Crippen molar-refractivity contribution < 1.29 is 0 Å². The van der Waals surface area contributed by atoms with Gasteiger partial charge in [-0.2, -0.15) is 0 Å². The van der Waals surface area contributed by atoms with E-state index in [1.54, 1.807) is 0 Å². The third kappa shape index (κ3) is 6.14. The molecule has 2 atom stereocenters. The first-order chi connectivity index (χ1) is 28.2. The maximum absolute atomic E-state index is 6.98. The predicted octanol–water partition coefficient (Wildman–Crippen LogP) is 14.2. The summed E-state index contributed by atoms with van der Waals surface area (Å²) in [5, 5.41) is 15.2. The summed E-state index contributed by atoms with van der Waals surface area (Å²) < 4.78 is 7.90. The minimum absolute atomic E-state index is 0.121. The molecule has 0 fully saturated rings. The van der Waals surface area contributed by atoms with E-state index in [-0.39, 0.29) is 12.3 Å². The van der Waals surface area contributed by atoms with Crippen molar-refractivity contribution in [3.05, 3.63) is 193 Å².